The number of halogens is 2. The van der Waals surface area contributed by atoms with Gasteiger partial charge in [0.15, 0.2) is 0 Å². The van der Waals surface area contributed by atoms with E-state index in [1.165, 1.54) is 18.2 Å². The number of anilines is 1. The van der Waals surface area contributed by atoms with E-state index >= 15 is 0 Å². The molecule has 0 radical (unpaired) electrons. The zero-order valence-electron chi connectivity index (χ0n) is 10.9. The summed E-state index contributed by atoms with van der Waals surface area (Å²) in [6, 6.07) is 8.67. The van der Waals surface area contributed by atoms with Gasteiger partial charge in [0.1, 0.15) is 11.6 Å². The van der Waals surface area contributed by atoms with Crippen molar-refractivity contribution in [2.75, 3.05) is 5.32 Å². The fraction of sp³-hybridized carbons (Fsp3) is 0.133. The number of hydrogen-bond acceptors (Lipinski definition) is 2. The molecule has 104 valence electrons. The van der Waals surface area contributed by atoms with Crippen LogP contribution in [0.15, 0.2) is 36.4 Å². The number of rotatable bonds is 4. The van der Waals surface area contributed by atoms with E-state index in [4.69, 9.17) is 5.73 Å². The Morgan fingerprint density at radius 1 is 1.25 bits per heavy atom. The SMILES string of the molecule is Cc1c(F)cc(C(N)=O)cc1NCc1cccc(F)c1. The van der Waals surface area contributed by atoms with Gasteiger partial charge in [-0.05, 0) is 36.8 Å². The van der Waals surface area contributed by atoms with Crippen molar-refractivity contribution in [2.45, 2.75) is 13.5 Å². The monoisotopic (exact) mass is 276 g/mol. The second-order valence-corrected chi connectivity index (χ2v) is 4.48. The number of benzene rings is 2. The third-order valence-electron chi connectivity index (χ3n) is 3.00. The standard InChI is InChI=1S/C15H14F2N2O/c1-9-13(17)6-11(15(18)20)7-14(9)19-8-10-3-2-4-12(16)5-10/h2-7,19H,8H2,1H3,(H2,18,20). The van der Waals surface area contributed by atoms with Crippen molar-refractivity contribution in [2.24, 2.45) is 5.73 Å². The molecule has 0 unspecified atom stereocenters. The molecule has 0 aliphatic carbocycles. The van der Waals surface area contributed by atoms with Gasteiger partial charge in [-0.15, -0.1) is 0 Å². The van der Waals surface area contributed by atoms with Crippen LogP contribution in [0.5, 0.6) is 0 Å². The van der Waals surface area contributed by atoms with Crippen LogP contribution in [0.2, 0.25) is 0 Å². The second kappa shape index (κ2) is 5.69. The summed E-state index contributed by atoms with van der Waals surface area (Å²) in [6.07, 6.45) is 0. The van der Waals surface area contributed by atoms with Gasteiger partial charge in [0.05, 0.1) is 0 Å². The predicted octanol–water partition coefficient (Wildman–Crippen LogP) is 2.98. The quantitative estimate of drug-likeness (QED) is 0.902. The normalized spacial score (nSPS) is 10.3. The highest BCUT2D eigenvalue weighted by atomic mass is 19.1. The molecule has 0 aliphatic rings. The van der Waals surface area contributed by atoms with E-state index in [1.807, 2.05) is 0 Å². The molecule has 0 heterocycles. The van der Waals surface area contributed by atoms with Crippen LogP contribution in [-0.2, 0) is 6.54 Å². The molecular formula is C15H14F2N2O. The Kier molecular flexibility index (Phi) is 3.98. The maximum atomic E-state index is 13.7. The van der Waals surface area contributed by atoms with E-state index in [9.17, 15) is 13.6 Å². The van der Waals surface area contributed by atoms with Crippen LogP contribution in [0.25, 0.3) is 0 Å². The van der Waals surface area contributed by atoms with Gasteiger partial charge in [-0.1, -0.05) is 12.1 Å². The third-order valence-corrected chi connectivity index (χ3v) is 3.00. The lowest BCUT2D eigenvalue weighted by Crippen LogP contribution is -2.13. The van der Waals surface area contributed by atoms with Crippen LogP contribution in [0.3, 0.4) is 0 Å². The summed E-state index contributed by atoms with van der Waals surface area (Å²) < 4.78 is 26.7. The zero-order valence-corrected chi connectivity index (χ0v) is 10.9. The van der Waals surface area contributed by atoms with Crippen LogP contribution in [0, 0.1) is 18.6 Å². The number of primary amides is 1. The zero-order chi connectivity index (χ0) is 14.7. The van der Waals surface area contributed by atoms with Crippen molar-refractivity contribution >= 4 is 11.6 Å². The van der Waals surface area contributed by atoms with Gasteiger partial charge < -0.3 is 11.1 Å². The maximum absolute atomic E-state index is 13.7. The van der Waals surface area contributed by atoms with Crippen molar-refractivity contribution in [1.29, 1.82) is 0 Å². The lowest BCUT2D eigenvalue weighted by molar-refractivity contribution is 0.1000. The van der Waals surface area contributed by atoms with Crippen molar-refractivity contribution in [1.82, 2.24) is 0 Å². The maximum Gasteiger partial charge on any atom is 0.248 e. The number of nitrogens with two attached hydrogens (primary N) is 1. The summed E-state index contributed by atoms with van der Waals surface area (Å²) in [6.45, 7) is 1.91. The topological polar surface area (TPSA) is 55.1 Å². The molecule has 0 bridgehead atoms. The Labute approximate surface area is 115 Å². The molecule has 0 atom stereocenters. The highest BCUT2D eigenvalue weighted by molar-refractivity contribution is 5.94. The Hall–Kier alpha value is -2.43. The predicted molar refractivity (Wildman–Crippen MR) is 73.4 cm³/mol. The van der Waals surface area contributed by atoms with Gasteiger partial charge in [0, 0.05) is 23.4 Å². The molecule has 0 saturated carbocycles. The van der Waals surface area contributed by atoms with Crippen molar-refractivity contribution in [3.63, 3.8) is 0 Å². The molecule has 20 heavy (non-hydrogen) atoms. The molecule has 5 heteroatoms. The summed E-state index contributed by atoms with van der Waals surface area (Å²) >= 11 is 0. The molecule has 0 spiro atoms. The van der Waals surface area contributed by atoms with Gasteiger partial charge in [0.25, 0.3) is 0 Å². The molecule has 3 N–H and O–H groups in total. The molecular weight excluding hydrogens is 262 g/mol. The first kappa shape index (κ1) is 14.0. The average molecular weight is 276 g/mol. The Bertz CT molecular complexity index is 656. The largest absolute Gasteiger partial charge is 0.381 e. The van der Waals surface area contributed by atoms with Gasteiger partial charge in [-0.25, -0.2) is 8.78 Å². The summed E-state index contributed by atoms with van der Waals surface area (Å²) in [7, 11) is 0. The van der Waals surface area contributed by atoms with E-state index in [1.54, 1.807) is 19.1 Å². The minimum atomic E-state index is -0.697. The van der Waals surface area contributed by atoms with Crippen molar-refractivity contribution in [3.05, 3.63) is 64.7 Å². The lowest BCUT2D eigenvalue weighted by atomic mass is 10.1. The minimum Gasteiger partial charge on any atom is -0.381 e. The molecule has 0 fully saturated rings. The van der Waals surface area contributed by atoms with Crippen LogP contribution in [0.4, 0.5) is 14.5 Å². The van der Waals surface area contributed by atoms with E-state index in [0.717, 1.165) is 6.07 Å². The Morgan fingerprint density at radius 2 is 2.00 bits per heavy atom. The molecule has 3 nitrogen and oxygen atoms in total. The highest BCUT2D eigenvalue weighted by Crippen LogP contribution is 2.21. The van der Waals surface area contributed by atoms with Crippen LogP contribution >= 0.6 is 0 Å². The van der Waals surface area contributed by atoms with Crippen LogP contribution in [-0.4, -0.2) is 5.91 Å². The first-order chi connectivity index (χ1) is 9.47. The minimum absolute atomic E-state index is 0.0924. The summed E-state index contributed by atoms with van der Waals surface area (Å²) in [5, 5.41) is 2.98. The highest BCUT2D eigenvalue weighted by Gasteiger charge is 2.10. The average Bonchev–Trinajstić information content (AvgIpc) is 2.40. The van der Waals surface area contributed by atoms with Gasteiger partial charge in [0.2, 0.25) is 5.91 Å². The summed E-state index contributed by atoms with van der Waals surface area (Å²) in [5.74, 6) is -1.54. The van der Waals surface area contributed by atoms with Gasteiger partial charge >= 0.3 is 0 Å². The number of nitrogens with one attached hydrogen (secondary N) is 1. The van der Waals surface area contributed by atoms with E-state index in [-0.39, 0.29) is 11.4 Å². The van der Waals surface area contributed by atoms with Crippen LogP contribution < -0.4 is 11.1 Å². The number of amides is 1. The van der Waals surface area contributed by atoms with E-state index in [0.29, 0.717) is 23.4 Å². The second-order valence-electron chi connectivity index (χ2n) is 4.48. The molecule has 0 saturated heterocycles. The van der Waals surface area contributed by atoms with Crippen LogP contribution in [0.1, 0.15) is 21.5 Å². The fourth-order valence-corrected chi connectivity index (χ4v) is 1.85. The lowest BCUT2D eigenvalue weighted by Gasteiger charge is -2.12. The first-order valence-electron chi connectivity index (χ1n) is 6.05. The molecule has 2 rings (SSSR count). The molecule has 0 aromatic heterocycles. The Balaban J connectivity index is 2.23. The molecule has 2 aromatic rings. The van der Waals surface area contributed by atoms with E-state index < -0.39 is 11.7 Å². The van der Waals surface area contributed by atoms with Crippen molar-refractivity contribution < 1.29 is 13.6 Å². The van der Waals surface area contributed by atoms with E-state index in [2.05, 4.69) is 5.32 Å². The van der Waals surface area contributed by atoms with Gasteiger partial charge in [-0.3, -0.25) is 4.79 Å². The molecule has 1 amide bonds. The van der Waals surface area contributed by atoms with Gasteiger partial charge in [-0.2, -0.15) is 0 Å². The summed E-state index contributed by atoms with van der Waals surface area (Å²) in [4.78, 5) is 11.1. The van der Waals surface area contributed by atoms with Crippen molar-refractivity contribution in [3.8, 4) is 0 Å². The number of hydrogen-bond donors (Lipinski definition) is 2. The molecule has 0 aliphatic heterocycles. The molecule has 2 aromatic carbocycles. The smallest absolute Gasteiger partial charge is 0.248 e. The number of carbonyl (C=O) groups is 1. The first-order valence-corrected chi connectivity index (χ1v) is 6.05. The summed E-state index contributed by atoms with van der Waals surface area (Å²) in [5.41, 5.74) is 6.80. The fourth-order valence-electron chi connectivity index (χ4n) is 1.85. The number of carbonyl (C=O) groups excluding carboxylic acids is 1. The Morgan fingerprint density at radius 3 is 2.65 bits per heavy atom. The third kappa shape index (κ3) is 3.12.